The smallest absolute Gasteiger partial charge is 0.261 e. The van der Waals surface area contributed by atoms with E-state index in [-0.39, 0.29) is 26.9 Å². The Morgan fingerprint density at radius 1 is 0.970 bits per heavy atom. The molecule has 0 aliphatic carbocycles. The highest BCUT2D eigenvalue weighted by atomic mass is 35.5. The number of pyridine rings is 1. The molecular weight excluding hydrogens is 477 g/mol. The molecule has 0 aliphatic rings. The molecule has 7 nitrogen and oxygen atoms in total. The van der Waals surface area contributed by atoms with Gasteiger partial charge < -0.3 is 20.9 Å². The minimum Gasteiger partial charge on any atom is -0.377 e. The van der Waals surface area contributed by atoms with Crippen molar-refractivity contribution >= 4 is 46.4 Å². The van der Waals surface area contributed by atoms with Gasteiger partial charge in [-0.15, -0.1) is 0 Å². The highest BCUT2D eigenvalue weighted by Crippen LogP contribution is 2.34. The van der Waals surface area contributed by atoms with Gasteiger partial charge in [-0.25, -0.2) is 8.78 Å². The zero-order valence-corrected chi connectivity index (χ0v) is 18.9. The van der Waals surface area contributed by atoms with Crippen LogP contribution < -0.4 is 21.5 Å². The SMILES string of the molecule is CNC(=O)c1ccc(NC(=O)c2cc(N[C@H](C)c3c(Cl)ccc(F)c3Cl)c[nH]c2=O)cc1F. The van der Waals surface area contributed by atoms with E-state index in [1.54, 1.807) is 6.92 Å². The van der Waals surface area contributed by atoms with Crippen LogP contribution in [0.25, 0.3) is 0 Å². The van der Waals surface area contributed by atoms with Crippen molar-refractivity contribution in [3.63, 3.8) is 0 Å². The van der Waals surface area contributed by atoms with E-state index >= 15 is 0 Å². The average Bonchev–Trinajstić information content (AvgIpc) is 2.77. The molecular formula is C22H18Cl2F2N4O3. The molecule has 0 spiro atoms. The summed E-state index contributed by atoms with van der Waals surface area (Å²) in [5.74, 6) is -2.90. The van der Waals surface area contributed by atoms with Crippen LogP contribution in [0.3, 0.4) is 0 Å². The van der Waals surface area contributed by atoms with Gasteiger partial charge in [-0.3, -0.25) is 14.4 Å². The van der Waals surface area contributed by atoms with Crippen molar-refractivity contribution in [2.24, 2.45) is 0 Å². The normalized spacial score (nSPS) is 11.6. The van der Waals surface area contributed by atoms with E-state index in [4.69, 9.17) is 23.2 Å². The van der Waals surface area contributed by atoms with E-state index in [9.17, 15) is 23.2 Å². The Bertz CT molecular complexity index is 1300. The fourth-order valence-corrected chi connectivity index (χ4v) is 3.81. The molecule has 0 radical (unpaired) electrons. The Morgan fingerprint density at radius 2 is 1.70 bits per heavy atom. The number of hydrogen-bond acceptors (Lipinski definition) is 4. The van der Waals surface area contributed by atoms with Crippen molar-refractivity contribution in [1.82, 2.24) is 10.3 Å². The molecule has 1 heterocycles. The second-order valence-electron chi connectivity index (χ2n) is 6.98. The minimum absolute atomic E-state index is 0.0506. The highest BCUT2D eigenvalue weighted by Gasteiger charge is 2.19. The van der Waals surface area contributed by atoms with E-state index in [1.165, 1.54) is 37.5 Å². The number of nitrogens with one attached hydrogen (secondary N) is 4. The second kappa shape index (κ2) is 10.0. The number of aromatic nitrogens is 1. The maximum Gasteiger partial charge on any atom is 0.261 e. The second-order valence-corrected chi connectivity index (χ2v) is 7.77. The molecule has 0 saturated heterocycles. The molecule has 0 fully saturated rings. The number of carbonyl (C=O) groups is 2. The Morgan fingerprint density at radius 3 is 2.36 bits per heavy atom. The highest BCUT2D eigenvalue weighted by molar-refractivity contribution is 6.36. The zero-order valence-electron chi connectivity index (χ0n) is 17.4. The first kappa shape index (κ1) is 24.2. The average molecular weight is 495 g/mol. The molecule has 2 amide bonds. The first-order valence-corrected chi connectivity index (χ1v) is 10.3. The topological polar surface area (TPSA) is 103 Å². The summed E-state index contributed by atoms with van der Waals surface area (Å²) in [6, 6.07) is 6.73. The molecule has 33 heavy (non-hydrogen) atoms. The van der Waals surface area contributed by atoms with Crippen LogP contribution in [0.4, 0.5) is 20.2 Å². The summed E-state index contributed by atoms with van der Waals surface area (Å²) in [5.41, 5.74) is -0.459. The maximum atomic E-state index is 14.1. The number of H-pyrrole nitrogens is 1. The zero-order chi connectivity index (χ0) is 24.3. The third-order valence-electron chi connectivity index (χ3n) is 4.74. The molecule has 172 valence electrons. The van der Waals surface area contributed by atoms with Gasteiger partial charge in [0.1, 0.15) is 17.2 Å². The molecule has 0 bridgehead atoms. The van der Waals surface area contributed by atoms with Crippen LogP contribution in [0.2, 0.25) is 10.0 Å². The van der Waals surface area contributed by atoms with Gasteiger partial charge in [0.25, 0.3) is 17.4 Å². The summed E-state index contributed by atoms with van der Waals surface area (Å²) in [7, 11) is 1.36. The van der Waals surface area contributed by atoms with Gasteiger partial charge in [0.2, 0.25) is 0 Å². The number of hydrogen-bond donors (Lipinski definition) is 4. The lowest BCUT2D eigenvalue weighted by atomic mass is 10.1. The summed E-state index contributed by atoms with van der Waals surface area (Å²) in [6.07, 6.45) is 1.33. The van der Waals surface area contributed by atoms with Gasteiger partial charge in [-0.1, -0.05) is 23.2 Å². The first-order chi connectivity index (χ1) is 15.6. The summed E-state index contributed by atoms with van der Waals surface area (Å²) in [4.78, 5) is 38.9. The standard InChI is InChI=1S/C22H18Cl2F2N4O3/c1-10(18-15(23)5-6-16(25)19(18)24)29-12-7-14(21(32)28-9-12)22(33)30-11-3-4-13(17(26)8-11)20(31)27-2/h3-10,29H,1-2H3,(H,27,31)(H,28,32)(H,30,33)/t10-/m1/s1. The summed E-state index contributed by atoms with van der Waals surface area (Å²) in [5, 5.41) is 7.81. The Labute approximate surface area is 197 Å². The van der Waals surface area contributed by atoms with Crippen molar-refractivity contribution in [2.75, 3.05) is 17.7 Å². The van der Waals surface area contributed by atoms with Crippen LogP contribution in [-0.2, 0) is 0 Å². The van der Waals surface area contributed by atoms with Crippen LogP contribution in [-0.4, -0.2) is 23.8 Å². The molecule has 0 aliphatic heterocycles. The maximum absolute atomic E-state index is 14.1. The Hall–Kier alpha value is -3.43. The number of halogens is 4. The predicted molar refractivity (Wildman–Crippen MR) is 123 cm³/mol. The number of benzene rings is 2. The number of anilines is 2. The molecule has 1 aromatic heterocycles. The Balaban J connectivity index is 1.82. The minimum atomic E-state index is -0.839. The van der Waals surface area contributed by atoms with Crippen LogP contribution in [0.1, 0.15) is 39.2 Å². The van der Waals surface area contributed by atoms with Gasteiger partial charge in [0, 0.05) is 29.5 Å². The monoisotopic (exact) mass is 494 g/mol. The predicted octanol–water partition coefficient (Wildman–Crippen LogP) is 4.74. The van der Waals surface area contributed by atoms with E-state index in [2.05, 4.69) is 20.9 Å². The third kappa shape index (κ3) is 5.32. The van der Waals surface area contributed by atoms with E-state index in [1.807, 2.05) is 0 Å². The number of rotatable bonds is 6. The van der Waals surface area contributed by atoms with Crippen molar-refractivity contribution in [2.45, 2.75) is 13.0 Å². The van der Waals surface area contributed by atoms with Gasteiger partial charge in [-0.2, -0.15) is 0 Å². The van der Waals surface area contributed by atoms with Gasteiger partial charge in [-0.05, 0) is 43.3 Å². The fourth-order valence-electron chi connectivity index (χ4n) is 3.11. The molecule has 0 saturated carbocycles. The van der Waals surface area contributed by atoms with Gasteiger partial charge in [0.15, 0.2) is 0 Å². The molecule has 3 rings (SSSR count). The van der Waals surface area contributed by atoms with Crippen LogP contribution in [0, 0.1) is 11.6 Å². The van der Waals surface area contributed by atoms with E-state index in [0.29, 0.717) is 11.3 Å². The lowest BCUT2D eigenvalue weighted by Gasteiger charge is -2.19. The van der Waals surface area contributed by atoms with Crippen LogP contribution >= 0.6 is 23.2 Å². The van der Waals surface area contributed by atoms with Crippen molar-refractivity contribution in [1.29, 1.82) is 0 Å². The lowest BCUT2D eigenvalue weighted by molar-refractivity contribution is 0.0958. The summed E-state index contributed by atoms with van der Waals surface area (Å²) >= 11 is 12.2. The van der Waals surface area contributed by atoms with Gasteiger partial charge >= 0.3 is 0 Å². The quantitative estimate of drug-likeness (QED) is 0.371. The van der Waals surface area contributed by atoms with Crippen molar-refractivity contribution in [3.05, 3.63) is 91.3 Å². The lowest BCUT2D eigenvalue weighted by Crippen LogP contribution is -2.24. The Kier molecular flexibility index (Phi) is 7.35. The number of amides is 2. The van der Waals surface area contributed by atoms with Gasteiger partial charge in [0.05, 0.1) is 22.3 Å². The molecule has 4 N–H and O–H groups in total. The largest absolute Gasteiger partial charge is 0.377 e. The van der Waals surface area contributed by atoms with Crippen molar-refractivity contribution < 1.29 is 18.4 Å². The van der Waals surface area contributed by atoms with Crippen LogP contribution in [0.5, 0.6) is 0 Å². The van der Waals surface area contributed by atoms with Crippen molar-refractivity contribution in [3.8, 4) is 0 Å². The molecule has 2 aromatic carbocycles. The van der Waals surface area contributed by atoms with Crippen LogP contribution in [0.15, 0.2) is 47.4 Å². The van der Waals surface area contributed by atoms with E-state index in [0.717, 1.165) is 12.1 Å². The summed E-state index contributed by atoms with van der Waals surface area (Å²) in [6.45, 7) is 1.67. The molecule has 0 unspecified atom stereocenters. The molecule has 11 heteroatoms. The first-order valence-electron chi connectivity index (χ1n) is 9.58. The third-order valence-corrected chi connectivity index (χ3v) is 5.46. The summed E-state index contributed by atoms with van der Waals surface area (Å²) < 4.78 is 28.0. The molecule has 1 atom stereocenters. The fraction of sp³-hybridized carbons (Fsp3) is 0.136. The molecule has 3 aromatic rings. The number of carbonyl (C=O) groups excluding carboxylic acids is 2. The number of aromatic amines is 1. The van der Waals surface area contributed by atoms with E-state index < -0.39 is 35.0 Å².